The summed E-state index contributed by atoms with van der Waals surface area (Å²) < 4.78 is 5.24. The van der Waals surface area contributed by atoms with Gasteiger partial charge in [-0.25, -0.2) is 4.79 Å². The molecule has 0 aromatic heterocycles. The molecule has 122 valence electrons. The van der Waals surface area contributed by atoms with Crippen LogP contribution in [0.4, 0.5) is 10.5 Å². The van der Waals surface area contributed by atoms with E-state index in [1.807, 2.05) is 39.8 Å². The number of halogens is 2. The van der Waals surface area contributed by atoms with E-state index in [4.69, 9.17) is 27.9 Å². The zero-order valence-corrected chi connectivity index (χ0v) is 14.8. The average molecular weight is 345 g/mol. The number of benzene rings is 1. The number of amides is 1. The van der Waals surface area contributed by atoms with E-state index in [9.17, 15) is 4.79 Å². The summed E-state index contributed by atoms with van der Waals surface area (Å²) in [5.74, 6) is 0. The van der Waals surface area contributed by atoms with E-state index in [2.05, 4.69) is 10.6 Å². The summed E-state index contributed by atoms with van der Waals surface area (Å²) in [6.07, 6.45) is 1.30. The largest absolute Gasteiger partial charge is 0.444 e. The maximum Gasteiger partial charge on any atom is 0.407 e. The molecule has 0 bridgehead atoms. The van der Waals surface area contributed by atoms with Crippen molar-refractivity contribution in [2.24, 2.45) is 0 Å². The fourth-order valence-corrected chi connectivity index (χ4v) is 2.74. The van der Waals surface area contributed by atoms with E-state index in [0.717, 1.165) is 24.1 Å². The topological polar surface area (TPSA) is 50.4 Å². The number of rotatable bonds is 3. The van der Waals surface area contributed by atoms with Gasteiger partial charge in [0.2, 0.25) is 0 Å². The van der Waals surface area contributed by atoms with Gasteiger partial charge in [0.25, 0.3) is 0 Å². The third-order valence-corrected chi connectivity index (χ3v) is 4.19. The molecule has 1 fully saturated rings. The van der Waals surface area contributed by atoms with Gasteiger partial charge in [0.05, 0.1) is 10.7 Å². The van der Waals surface area contributed by atoms with Gasteiger partial charge in [-0.05, 0) is 58.2 Å². The van der Waals surface area contributed by atoms with Gasteiger partial charge < -0.3 is 15.4 Å². The summed E-state index contributed by atoms with van der Waals surface area (Å²) in [6, 6.07) is 4.10. The molecule has 2 N–H and O–H groups in total. The normalized spacial score (nSPS) is 21.0. The lowest BCUT2D eigenvalue weighted by Gasteiger charge is -2.37. The fourth-order valence-electron chi connectivity index (χ4n) is 2.30. The summed E-state index contributed by atoms with van der Waals surface area (Å²) in [6.45, 7) is 7.46. The number of ether oxygens (including phenoxy) is 1. The number of hydrogen-bond donors (Lipinski definition) is 2. The Morgan fingerprint density at radius 1 is 1.18 bits per heavy atom. The highest BCUT2D eigenvalue weighted by atomic mass is 35.5. The van der Waals surface area contributed by atoms with Crippen LogP contribution < -0.4 is 10.6 Å². The molecule has 1 saturated carbocycles. The Morgan fingerprint density at radius 3 is 2.41 bits per heavy atom. The SMILES string of the molecule is Cc1cc(Cl)c(NC2CC(NC(=O)OC(C)(C)C)C2)cc1Cl. The molecule has 0 atom stereocenters. The van der Waals surface area contributed by atoms with Gasteiger partial charge in [-0.2, -0.15) is 0 Å². The second kappa shape index (κ2) is 6.55. The van der Waals surface area contributed by atoms with E-state index in [-0.39, 0.29) is 18.2 Å². The van der Waals surface area contributed by atoms with Crippen LogP contribution in [0.2, 0.25) is 10.0 Å². The molecule has 22 heavy (non-hydrogen) atoms. The van der Waals surface area contributed by atoms with E-state index in [0.29, 0.717) is 10.0 Å². The predicted molar refractivity (Wildman–Crippen MR) is 91.0 cm³/mol. The van der Waals surface area contributed by atoms with Gasteiger partial charge in [-0.1, -0.05) is 23.2 Å². The Balaban J connectivity index is 1.80. The van der Waals surface area contributed by atoms with Gasteiger partial charge >= 0.3 is 6.09 Å². The maximum atomic E-state index is 11.7. The Morgan fingerprint density at radius 2 is 1.82 bits per heavy atom. The van der Waals surface area contributed by atoms with Crippen molar-refractivity contribution in [3.05, 3.63) is 27.7 Å². The molecule has 1 aromatic carbocycles. The molecular formula is C16H22Cl2N2O2. The number of aryl methyl sites for hydroxylation is 1. The Bertz CT molecular complexity index is 564. The van der Waals surface area contributed by atoms with E-state index < -0.39 is 5.60 Å². The summed E-state index contributed by atoms with van der Waals surface area (Å²) >= 11 is 12.3. The van der Waals surface area contributed by atoms with Crippen molar-refractivity contribution in [3.63, 3.8) is 0 Å². The third-order valence-electron chi connectivity index (χ3n) is 3.47. The summed E-state index contributed by atoms with van der Waals surface area (Å²) in [7, 11) is 0. The van der Waals surface area contributed by atoms with Gasteiger partial charge in [0, 0.05) is 17.1 Å². The van der Waals surface area contributed by atoms with Crippen molar-refractivity contribution in [2.75, 3.05) is 5.32 Å². The third kappa shape index (κ3) is 4.68. The van der Waals surface area contributed by atoms with Crippen LogP contribution in [0.5, 0.6) is 0 Å². The van der Waals surface area contributed by atoms with Crippen molar-refractivity contribution in [2.45, 2.75) is 58.2 Å². The number of alkyl carbamates (subject to hydrolysis) is 1. The first-order valence-electron chi connectivity index (χ1n) is 7.36. The lowest BCUT2D eigenvalue weighted by molar-refractivity contribution is 0.0475. The monoisotopic (exact) mass is 344 g/mol. The fraction of sp³-hybridized carbons (Fsp3) is 0.562. The van der Waals surface area contributed by atoms with Crippen LogP contribution >= 0.6 is 23.2 Å². The van der Waals surface area contributed by atoms with Crippen molar-refractivity contribution in [1.82, 2.24) is 5.32 Å². The first kappa shape index (κ1) is 17.2. The second-order valence-corrected chi connectivity index (χ2v) is 7.55. The highest BCUT2D eigenvalue weighted by Gasteiger charge is 2.32. The molecule has 0 aliphatic heterocycles. The van der Waals surface area contributed by atoms with E-state index in [1.165, 1.54) is 0 Å². The summed E-state index contributed by atoms with van der Waals surface area (Å²) in [4.78, 5) is 11.7. The molecule has 0 radical (unpaired) electrons. The molecule has 0 spiro atoms. The lowest BCUT2D eigenvalue weighted by atomic mass is 9.86. The second-order valence-electron chi connectivity index (χ2n) is 6.74. The van der Waals surface area contributed by atoms with Crippen molar-refractivity contribution >= 4 is 35.0 Å². The van der Waals surface area contributed by atoms with Crippen LogP contribution in [0.1, 0.15) is 39.2 Å². The quantitative estimate of drug-likeness (QED) is 0.830. The molecule has 1 aliphatic rings. The molecule has 1 aromatic rings. The summed E-state index contributed by atoms with van der Waals surface area (Å²) in [5, 5.41) is 7.57. The number of hydrogen-bond acceptors (Lipinski definition) is 3. The van der Waals surface area contributed by atoms with Crippen LogP contribution in [0, 0.1) is 6.92 Å². The molecule has 0 heterocycles. The Kier molecular flexibility index (Phi) is 5.13. The molecule has 1 amide bonds. The van der Waals surface area contributed by atoms with Crippen molar-refractivity contribution in [1.29, 1.82) is 0 Å². The molecule has 2 rings (SSSR count). The van der Waals surface area contributed by atoms with Crippen molar-refractivity contribution in [3.8, 4) is 0 Å². The predicted octanol–water partition coefficient (Wildman–Crippen LogP) is 4.77. The number of carbonyl (C=O) groups excluding carboxylic acids is 1. The van der Waals surface area contributed by atoms with Crippen LogP contribution in [0.3, 0.4) is 0 Å². The minimum absolute atomic E-state index is 0.132. The molecule has 6 heteroatoms. The molecule has 1 aliphatic carbocycles. The Labute approximate surface area is 141 Å². The number of nitrogens with one attached hydrogen (secondary N) is 2. The van der Waals surface area contributed by atoms with E-state index in [1.54, 1.807) is 0 Å². The van der Waals surface area contributed by atoms with Crippen LogP contribution in [0.25, 0.3) is 0 Å². The minimum atomic E-state index is -0.475. The van der Waals surface area contributed by atoms with Crippen LogP contribution in [-0.2, 0) is 4.74 Å². The average Bonchev–Trinajstić information content (AvgIpc) is 2.30. The van der Waals surface area contributed by atoms with Crippen LogP contribution in [0.15, 0.2) is 12.1 Å². The highest BCUT2D eigenvalue weighted by molar-refractivity contribution is 6.35. The summed E-state index contributed by atoms with van der Waals surface area (Å²) in [5.41, 5.74) is 1.31. The Hall–Kier alpha value is -1.13. The first-order valence-corrected chi connectivity index (χ1v) is 8.11. The zero-order valence-electron chi connectivity index (χ0n) is 13.3. The first-order chi connectivity index (χ1) is 10.1. The zero-order chi connectivity index (χ0) is 16.5. The number of carbonyl (C=O) groups is 1. The molecule has 0 unspecified atom stereocenters. The molecule has 0 saturated heterocycles. The smallest absolute Gasteiger partial charge is 0.407 e. The van der Waals surface area contributed by atoms with Gasteiger partial charge in [0.15, 0.2) is 0 Å². The number of anilines is 1. The molecule has 4 nitrogen and oxygen atoms in total. The van der Waals surface area contributed by atoms with Gasteiger partial charge in [-0.15, -0.1) is 0 Å². The minimum Gasteiger partial charge on any atom is -0.444 e. The van der Waals surface area contributed by atoms with Gasteiger partial charge in [-0.3, -0.25) is 0 Å². The standard InChI is InChI=1S/C16H22Cl2N2O2/c1-9-5-13(18)14(8-12(9)17)19-10-6-11(7-10)20-15(21)22-16(2,3)4/h5,8,10-11,19H,6-7H2,1-4H3,(H,20,21). The lowest BCUT2D eigenvalue weighted by Crippen LogP contribution is -2.50. The van der Waals surface area contributed by atoms with Crippen molar-refractivity contribution < 1.29 is 9.53 Å². The molecular weight excluding hydrogens is 323 g/mol. The van der Waals surface area contributed by atoms with Gasteiger partial charge in [0.1, 0.15) is 5.60 Å². The maximum absolute atomic E-state index is 11.7. The van der Waals surface area contributed by atoms with E-state index >= 15 is 0 Å². The van der Waals surface area contributed by atoms with Crippen LogP contribution in [-0.4, -0.2) is 23.8 Å². The highest BCUT2D eigenvalue weighted by Crippen LogP contribution is 2.32.